The van der Waals surface area contributed by atoms with Crippen LogP contribution in [0.1, 0.15) is 21.5 Å². The van der Waals surface area contributed by atoms with Crippen LogP contribution >= 0.6 is 11.6 Å². The summed E-state index contributed by atoms with van der Waals surface area (Å²) in [5, 5.41) is 0.703. The predicted molar refractivity (Wildman–Crippen MR) is 78.0 cm³/mol. The van der Waals surface area contributed by atoms with E-state index in [2.05, 4.69) is 0 Å². The highest BCUT2D eigenvalue weighted by atomic mass is 35.5. The monoisotopic (exact) mass is 287 g/mol. The summed E-state index contributed by atoms with van der Waals surface area (Å²) in [7, 11) is 1.63. The topological polar surface area (TPSA) is 29.5 Å². The zero-order chi connectivity index (χ0) is 14.1. The maximum atomic E-state index is 12.3. The maximum Gasteiger partial charge on any atom is 0.254 e. The molecule has 0 unspecified atom stereocenters. The van der Waals surface area contributed by atoms with Crippen molar-refractivity contribution in [3.05, 3.63) is 64.2 Å². The van der Waals surface area contributed by atoms with Gasteiger partial charge in [0, 0.05) is 23.7 Å². The van der Waals surface area contributed by atoms with Crippen LogP contribution in [-0.2, 0) is 13.1 Å². The van der Waals surface area contributed by atoms with Crippen molar-refractivity contribution in [2.75, 3.05) is 7.11 Å². The van der Waals surface area contributed by atoms with E-state index in [1.54, 1.807) is 7.11 Å². The van der Waals surface area contributed by atoms with Crippen LogP contribution in [0, 0.1) is 0 Å². The van der Waals surface area contributed by atoms with E-state index in [1.165, 1.54) is 0 Å². The molecule has 0 fully saturated rings. The lowest BCUT2D eigenvalue weighted by Crippen LogP contribution is -2.23. The van der Waals surface area contributed by atoms with Crippen molar-refractivity contribution in [2.45, 2.75) is 13.1 Å². The van der Waals surface area contributed by atoms with E-state index in [1.807, 2.05) is 47.4 Å². The second kappa shape index (κ2) is 5.17. The molecule has 0 saturated heterocycles. The summed E-state index contributed by atoms with van der Waals surface area (Å²) in [6, 6.07) is 13.1. The number of hydrogen-bond acceptors (Lipinski definition) is 2. The smallest absolute Gasteiger partial charge is 0.254 e. The lowest BCUT2D eigenvalue weighted by Gasteiger charge is -2.15. The van der Waals surface area contributed by atoms with Crippen LogP contribution in [-0.4, -0.2) is 17.9 Å². The average molecular weight is 288 g/mol. The van der Waals surface area contributed by atoms with E-state index in [9.17, 15) is 4.79 Å². The Morgan fingerprint density at radius 1 is 1.20 bits per heavy atom. The van der Waals surface area contributed by atoms with E-state index in [0.29, 0.717) is 18.1 Å². The second-order valence-electron chi connectivity index (χ2n) is 4.81. The zero-order valence-corrected chi connectivity index (χ0v) is 11.9. The van der Waals surface area contributed by atoms with E-state index < -0.39 is 0 Å². The Bertz CT molecular complexity index is 652. The van der Waals surface area contributed by atoms with Crippen molar-refractivity contribution >= 4 is 17.5 Å². The highest BCUT2D eigenvalue weighted by Crippen LogP contribution is 2.28. The summed E-state index contributed by atoms with van der Waals surface area (Å²) < 4.78 is 5.20. The van der Waals surface area contributed by atoms with Crippen LogP contribution < -0.4 is 4.74 Å². The number of ether oxygens (including phenoxy) is 1. The van der Waals surface area contributed by atoms with E-state index in [-0.39, 0.29) is 5.91 Å². The molecule has 0 saturated carbocycles. The van der Waals surface area contributed by atoms with Crippen LogP contribution in [0.15, 0.2) is 42.5 Å². The van der Waals surface area contributed by atoms with E-state index in [0.717, 1.165) is 22.4 Å². The fourth-order valence-electron chi connectivity index (χ4n) is 2.42. The summed E-state index contributed by atoms with van der Waals surface area (Å²) >= 11 is 5.87. The number of carbonyl (C=O) groups is 1. The first kappa shape index (κ1) is 13.0. The third kappa shape index (κ3) is 2.37. The van der Waals surface area contributed by atoms with Gasteiger partial charge < -0.3 is 9.64 Å². The minimum atomic E-state index is 0.0672. The molecule has 3 rings (SSSR count). The molecule has 1 amide bonds. The van der Waals surface area contributed by atoms with Gasteiger partial charge in [0.15, 0.2) is 0 Å². The van der Waals surface area contributed by atoms with Gasteiger partial charge in [0.2, 0.25) is 0 Å². The highest BCUT2D eigenvalue weighted by Gasteiger charge is 2.27. The van der Waals surface area contributed by atoms with E-state index >= 15 is 0 Å². The summed E-state index contributed by atoms with van der Waals surface area (Å²) in [6.07, 6.45) is 0. The Balaban J connectivity index is 1.81. The Labute approximate surface area is 122 Å². The summed E-state index contributed by atoms with van der Waals surface area (Å²) in [4.78, 5) is 14.2. The van der Waals surface area contributed by atoms with Gasteiger partial charge in [-0.2, -0.15) is 0 Å². The van der Waals surface area contributed by atoms with Crippen LogP contribution in [0.2, 0.25) is 5.02 Å². The average Bonchev–Trinajstić information content (AvgIpc) is 2.77. The molecule has 0 radical (unpaired) electrons. The van der Waals surface area contributed by atoms with Gasteiger partial charge in [-0.15, -0.1) is 0 Å². The number of hydrogen-bond donors (Lipinski definition) is 0. The molecule has 3 nitrogen and oxygen atoms in total. The number of rotatable bonds is 3. The van der Waals surface area contributed by atoms with Crippen LogP contribution in [0.5, 0.6) is 5.75 Å². The SMILES string of the molecule is COc1ccc2c(c1)CN(Cc1ccc(Cl)cc1)C2=O. The van der Waals surface area contributed by atoms with Crippen molar-refractivity contribution in [2.24, 2.45) is 0 Å². The fourth-order valence-corrected chi connectivity index (χ4v) is 2.55. The lowest BCUT2D eigenvalue weighted by atomic mass is 10.1. The van der Waals surface area contributed by atoms with Gasteiger partial charge >= 0.3 is 0 Å². The number of fused-ring (bicyclic) bond motifs is 1. The first-order valence-electron chi connectivity index (χ1n) is 6.38. The molecule has 1 heterocycles. The molecular formula is C16H14ClNO2. The number of methoxy groups -OCH3 is 1. The third-order valence-electron chi connectivity index (χ3n) is 3.48. The molecule has 1 aliphatic rings. The zero-order valence-electron chi connectivity index (χ0n) is 11.1. The first-order valence-corrected chi connectivity index (χ1v) is 6.76. The normalized spacial score (nSPS) is 13.5. The van der Waals surface area contributed by atoms with Gasteiger partial charge in [0.1, 0.15) is 5.75 Å². The van der Waals surface area contributed by atoms with Gasteiger partial charge in [0.05, 0.1) is 7.11 Å². The van der Waals surface area contributed by atoms with Crippen molar-refractivity contribution in [3.8, 4) is 5.75 Å². The molecule has 4 heteroatoms. The molecule has 0 N–H and O–H groups in total. The van der Waals surface area contributed by atoms with Gasteiger partial charge in [-0.3, -0.25) is 4.79 Å². The fraction of sp³-hybridized carbons (Fsp3) is 0.188. The molecule has 102 valence electrons. The molecule has 1 aliphatic heterocycles. The van der Waals surface area contributed by atoms with Gasteiger partial charge in [0.25, 0.3) is 5.91 Å². The maximum absolute atomic E-state index is 12.3. The van der Waals surface area contributed by atoms with Gasteiger partial charge in [-0.1, -0.05) is 23.7 Å². The van der Waals surface area contributed by atoms with Gasteiger partial charge in [-0.05, 0) is 41.5 Å². The Kier molecular flexibility index (Phi) is 3.36. The van der Waals surface area contributed by atoms with Crippen molar-refractivity contribution in [1.82, 2.24) is 4.90 Å². The molecule has 2 aromatic carbocycles. The molecule has 2 aromatic rings. The first-order chi connectivity index (χ1) is 9.67. The quantitative estimate of drug-likeness (QED) is 0.865. The van der Waals surface area contributed by atoms with Crippen molar-refractivity contribution < 1.29 is 9.53 Å². The van der Waals surface area contributed by atoms with Crippen molar-refractivity contribution in [1.29, 1.82) is 0 Å². The molecule has 0 bridgehead atoms. The van der Waals surface area contributed by atoms with Crippen molar-refractivity contribution in [3.63, 3.8) is 0 Å². The minimum Gasteiger partial charge on any atom is -0.497 e. The number of nitrogens with zero attached hydrogens (tertiary/aromatic N) is 1. The number of halogens is 1. The van der Waals surface area contributed by atoms with Crippen LogP contribution in [0.25, 0.3) is 0 Å². The van der Waals surface area contributed by atoms with Crippen LogP contribution in [0.3, 0.4) is 0 Å². The molecular weight excluding hydrogens is 274 g/mol. The standard InChI is InChI=1S/C16H14ClNO2/c1-20-14-6-7-15-12(8-14)10-18(16(15)19)9-11-2-4-13(17)5-3-11/h2-8H,9-10H2,1H3. The predicted octanol–water partition coefficient (Wildman–Crippen LogP) is 3.50. The highest BCUT2D eigenvalue weighted by molar-refractivity contribution is 6.30. The largest absolute Gasteiger partial charge is 0.497 e. The number of amides is 1. The molecule has 0 spiro atoms. The van der Waals surface area contributed by atoms with Gasteiger partial charge in [-0.25, -0.2) is 0 Å². The molecule has 0 aliphatic carbocycles. The summed E-state index contributed by atoms with van der Waals surface area (Å²) in [5.41, 5.74) is 2.85. The Morgan fingerprint density at radius 2 is 1.95 bits per heavy atom. The summed E-state index contributed by atoms with van der Waals surface area (Å²) in [6.45, 7) is 1.21. The number of benzene rings is 2. The lowest BCUT2D eigenvalue weighted by molar-refractivity contribution is 0.0766. The Morgan fingerprint density at radius 3 is 2.65 bits per heavy atom. The van der Waals surface area contributed by atoms with E-state index in [4.69, 9.17) is 16.3 Å². The minimum absolute atomic E-state index is 0.0672. The van der Waals surface area contributed by atoms with Crippen LogP contribution in [0.4, 0.5) is 0 Å². The second-order valence-corrected chi connectivity index (χ2v) is 5.25. The summed E-state index contributed by atoms with van der Waals surface area (Å²) in [5.74, 6) is 0.850. The number of carbonyl (C=O) groups excluding carboxylic acids is 1. The molecule has 0 atom stereocenters. The Hall–Kier alpha value is -2.00. The molecule has 20 heavy (non-hydrogen) atoms. The third-order valence-corrected chi connectivity index (χ3v) is 3.73. The molecule has 0 aromatic heterocycles.